The maximum atomic E-state index is 12.9. The molecule has 1 aromatic carbocycles. The SMILES string of the molecule is C=C1CCC(CC(C)(C)C)CC1.CC(C)(C)Cc1ccc(C(C)(F)F)cc1.CC1CCC(C(C)C(C)(C)C)CC1.CC1CCC(CC(C)(C)C)CC1.CC1CCC(CC(C)(C)C)CC1. The highest BCUT2D eigenvalue weighted by Crippen LogP contribution is 2.41. The van der Waals surface area contributed by atoms with Crippen molar-refractivity contribution in [3.8, 4) is 0 Å². The summed E-state index contributed by atoms with van der Waals surface area (Å²) in [6, 6.07) is 6.61. The summed E-state index contributed by atoms with van der Waals surface area (Å²) in [4.78, 5) is 0. The second-order valence-corrected chi connectivity index (χ2v) is 28.7. The van der Waals surface area contributed by atoms with Crippen LogP contribution in [0.1, 0.15) is 272 Å². The van der Waals surface area contributed by atoms with Gasteiger partial charge in [-0.2, -0.15) is 0 Å². The van der Waals surface area contributed by atoms with Gasteiger partial charge in [-0.15, -0.1) is 0 Å². The molecular formula is C62H114F2. The van der Waals surface area contributed by atoms with E-state index in [1.165, 1.54) is 140 Å². The maximum absolute atomic E-state index is 12.9. The van der Waals surface area contributed by atoms with Gasteiger partial charge < -0.3 is 0 Å². The molecule has 5 rings (SSSR count). The lowest BCUT2D eigenvalue weighted by atomic mass is 9.68. The van der Waals surface area contributed by atoms with Gasteiger partial charge in [0.15, 0.2) is 0 Å². The average Bonchev–Trinajstić information content (AvgIpc) is 3.13. The minimum atomic E-state index is -2.74. The molecule has 0 saturated heterocycles. The minimum absolute atomic E-state index is 0.0835. The molecule has 64 heavy (non-hydrogen) atoms. The van der Waals surface area contributed by atoms with Crippen LogP contribution in [0.2, 0.25) is 0 Å². The van der Waals surface area contributed by atoms with Crippen LogP contribution in [0.15, 0.2) is 36.4 Å². The first-order valence-electron chi connectivity index (χ1n) is 27.1. The number of rotatable bonds is 6. The molecule has 4 aliphatic rings. The van der Waals surface area contributed by atoms with Gasteiger partial charge in [0.1, 0.15) is 0 Å². The first kappa shape index (κ1) is 60.8. The molecule has 376 valence electrons. The van der Waals surface area contributed by atoms with Crippen molar-refractivity contribution in [3.05, 3.63) is 47.5 Å². The lowest BCUT2D eigenvalue weighted by Crippen LogP contribution is -2.28. The highest BCUT2D eigenvalue weighted by Gasteiger charge is 2.31. The van der Waals surface area contributed by atoms with Gasteiger partial charge in [0.25, 0.3) is 5.92 Å². The Morgan fingerprint density at radius 1 is 0.469 bits per heavy atom. The molecule has 0 aliphatic heterocycles. The fourth-order valence-electron chi connectivity index (χ4n) is 11.0. The zero-order valence-corrected chi connectivity index (χ0v) is 47.0. The Balaban J connectivity index is 0.000000401. The van der Waals surface area contributed by atoms with Crippen LogP contribution in [0.4, 0.5) is 8.78 Å². The molecule has 0 aromatic heterocycles. The van der Waals surface area contributed by atoms with E-state index in [1.54, 1.807) is 12.1 Å². The monoisotopic (exact) mass is 897 g/mol. The number of hydrogen-bond donors (Lipinski definition) is 0. The molecule has 0 N–H and O–H groups in total. The summed E-state index contributed by atoms with van der Waals surface area (Å²) in [5, 5.41) is 0. The Bertz CT molecular complexity index is 1310. The first-order chi connectivity index (χ1) is 29.0. The minimum Gasteiger partial charge on any atom is -0.202 e. The van der Waals surface area contributed by atoms with Crippen LogP contribution < -0.4 is 0 Å². The normalized spacial score (nSPS) is 25.8. The van der Waals surface area contributed by atoms with E-state index in [-0.39, 0.29) is 11.0 Å². The van der Waals surface area contributed by atoms with Gasteiger partial charge in [0.05, 0.1) is 0 Å². The first-order valence-corrected chi connectivity index (χ1v) is 27.1. The largest absolute Gasteiger partial charge is 0.270 e. The molecule has 0 bridgehead atoms. The molecule has 4 saturated carbocycles. The average molecular weight is 898 g/mol. The Morgan fingerprint density at radius 3 is 1.06 bits per heavy atom. The van der Waals surface area contributed by atoms with Crippen LogP contribution in [0.3, 0.4) is 0 Å². The molecule has 0 heterocycles. The van der Waals surface area contributed by atoms with E-state index in [0.717, 1.165) is 66.3 Å². The van der Waals surface area contributed by atoms with E-state index in [4.69, 9.17) is 0 Å². The predicted molar refractivity (Wildman–Crippen MR) is 284 cm³/mol. The standard InChI is InChI=1S/C13H18F2.C13H26.2C12H24.C12H22/c1-12(2,3)9-10-5-7-11(8-6-10)13(4,14)15;1-10-6-8-12(9-7-10)11(2)13(3,4)5;3*1-10-5-7-11(8-6-10)9-12(2,3)4/h5-8H,9H2,1-4H3;10-12H,6-9H2,1-5H3;2*10-11H,5-9H2,1-4H3;11H,1,5-9H2,2-4H3. The topological polar surface area (TPSA) is 0 Å². The Kier molecular flexibility index (Phi) is 25.8. The molecule has 0 nitrogen and oxygen atoms in total. The molecule has 4 fully saturated rings. The summed E-state index contributed by atoms with van der Waals surface area (Å²) in [7, 11) is 0. The fraction of sp³-hybridized carbons (Fsp3) is 0.871. The highest BCUT2D eigenvalue weighted by molar-refractivity contribution is 5.26. The quantitative estimate of drug-likeness (QED) is 0.250. The van der Waals surface area contributed by atoms with Gasteiger partial charge in [-0.25, -0.2) is 8.78 Å². The van der Waals surface area contributed by atoms with Crippen molar-refractivity contribution >= 4 is 0 Å². The Hall–Kier alpha value is -1.18. The molecular weight excluding hydrogens is 783 g/mol. The van der Waals surface area contributed by atoms with Crippen LogP contribution in [0, 0.1) is 74.4 Å². The smallest absolute Gasteiger partial charge is 0.202 e. The van der Waals surface area contributed by atoms with Crippen LogP contribution in [-0.4, -0.2) is 0 Å². The summed E-state index contributed by atoms with van der Waals surface area (Å²) >= 11 is 0. The van der Waals surface area contributed by atoms with Crippen molar-refractivity contribution < 1.29 is 8.78 Å². The molecule has 1 atom stereocenters. The lowest BCUT2D eigenvalue weighted by Gasteiger charge is -2.38. The Labute approximate surface area is 402 Å². The van der Waals surface area contributed by atoms with E-state index < -0.39 is 5.92 Å². The fourth-order valence-corrected chi connectivity index (χ4v) is 11.0. The number of hydrogen-bond acceptors (Lipinski definition) is 0. The lowest BCUT2D eigenvalue weighted by molar-refractivity contribution is 0.0174. The summed E-state index contributed by atoms with van der Waals surface area (Å²) in [5.41, 5.74) is 4.97. The summed E-state index contributed by atoms with van der Waals surface area (Å²) in [5.74, 6) is 5.17. The summed E-state index contributed by atoms with van der Waals surface area (Å²) in [6.45, 7) is 49.4. The van der Waals surface area contributed by atoms with Gasteiger partial charge in [0.2, 0.25) is 0 Å². The number of benzene rings is 1. The van der Waals surface area contributed by atoms with Crippen LogP contribution in [0.25, 0.3) is 0 Å². The zero-order valence-electron chi connectivity index (χ0n) is 47.0. The maximum Gasteiger partial charge on any atom is 0.270 e. The van der Waals surface area contributed by atoms with Gasteiger partial charge in [-0.05, 0) is 144 Å². The van der Waals surface area contributed by atoms with Gasteiger partial charge in [-0.1, -0.05) is 232 Å². The van der Waals surface area contributed by atoms with Gasteiger partial charge in [-0.3, -0.25) is 0 Å². The third kappa shape index (κ3) is 30.3. The van der Waals surface area contributed by atoms with Crippen molar-refractivity contribution in [3.63, 3.8) is 0 Å². The molecule has 1 unspecified atom stereocenters. The molecule has 1 aromatic rings. The van der Waals surface area contributed by atoms with Crippen molar-refractivity contribution in [1.82, 2.24) is 0 Å². The summed E-state index contributed by atoms with van der Waals surface area (Å²) in [6.07, 6.45) is 28.2. The second kappa shape index (κ2) is 27.1. The second-order valence-electron chi connectivity index (χ2n) is 28.7. The van der Waals surface area contributed by atoms with Gasteiger partial charge in [0, 0.05) is 12.5 Å². The summed E-state index contributed by atoms with van der Waals surface area (Å²) < 4.78 is 25.8. The van der Waals surface area contributed by atoms with E-state index in [1.807, 2.05) is 0 Å². The molecule has 2 heteroatoms. The van der Waals surface area contributed by atoms with Crippen LogP contribution in [-0.2, 0) is 12.3 Å². The predicted octanol–water partition coefficient (Wildman–Crippen LogP) is 21.5. The number of alkyl halides is 2. The van der Waals surface area contributed by atoms with E-state index >= 15 is 0 Å². The third-order valence-electron chi connectivity index (χ3n) is 15.1. The Morgan fingerprint density at radius 2 is 0.781 bits per heavy atom. The van der Waals surface area contributed by atoms with Crippen molar-refractivity contribution in [1.29, 1.82) is 0 Å². The van der Waals surface area contributed by atoms with E-state index in [0.29, 0.717) is 21.7 Å². The molecule has 0 spiro atoms. The van der Waals surface area contributed by atoms with Crippen LogP contribution >= 0.6 is 0 Å². The molecule has 4 aliphatic carbocycles. The van der Waals surface area contributed by atoms with Crippen molar-refractivity contribution in [2.45, 2.75) is 273 Å². The number of halogens is 2. The third-order valence-corrected chi connectivity index (χ3v) is 15.1. The molecule has 0 radical (unpaired) electrons. The van der Waals surface area contributed by atoms with E-state index in [9.17, 15) is 8.78 Å². The van der Waals surface area contributed by atoms with Gasteiger partial charge >= 0.3 is 0 Å². The van der Waals surface area contributed by atoms with Crippen LogP contribution in [0.5, 0.6) is 0 Å². The molecule has 0 amide bonds. The van der Waals surface area contributed by atoms with Crippen molar-refractivity contribution in [2.75, 3.05) is 0 Å². The van der Waals surface area contributed by atoms with E-state index in [2.05, 4.69) is 138 Å². The van der Waals surface area contributed by atoms with Crippen molar-refractivity contribution in [2.24, 2.45) is 74.4 Å². The zero-order chi connectivity index (χ0) is 49.3. The highest BCUT2D eigenvalue weighted by atomic mass is 19.3. The number of allylic oxidation sites excluding steroid dienone is 1.